The third kappa shape index (κ3) is 45.4. The SMILES string of the molecule is CCCCCCCC/C=C\CCCCCCCC(=O)OCC(COC1OC(C(=O)O)C(O)C(O)C1OC(=O)CCCCCCCCCCCCCCCCCCCCC)OC(=O)CCCCCCC/C=C\CCCCCCCC. The number of unbranched alkanes of at least 4 members (excludes halogenated alkanes) is 40. The Bertz CT molecular complexity index is 1470. The summed E-state index contributed by atoms with van der Waals surface area (Å²) in [6, 6.07) is 0. The second kappa shape index (κ2) is 55.7. The predicted molar refractivity (Wildman–Crippen MR) is 322 cm³/mol. The van der Waals surface area contributed by atoms with E-state index in [1.807, 2.05) is 0 Å². The fraction of sp³-hybridized carbons (Fsp3) is 0.881. The van der Waals surface area contributed by atoms with Crippen molar-refractivity contribution in [2.24, 2.45) is 0 Å². The van der Waals surface area contributed by atoms with Gasteiger partial charge in [-0.05, 0) is 70.6 Å². The minimum Gasteiger partial charge on any atom is -0.479 e. The van der Waals surface area contributed by atoms with Crippen LogP contribution in [0.4, 0.5) is 0 Å². The number of esters is 3. The summed E-state index contributed by atoms with van der Waals surface area (Å²) in [5.41, 5.74) is 0. The molecule has 0 bridgehead atoms. The number of carbonyl (C=O) groups is 4. The molecule has 6 unspecified atom stereocenters. The predicted octanol–water partition coefficient (Wildman–Crippen LogP) is 17.8. The van der Waals surface area contributed by atoms with Crippen LogP contribution in [0.1, 0.15) is 329 Å². The third-order valence-electron chi connectivity index (χ3n) is 15.5. The van der Waals surface area contributed by atoms with Crippen LogP contribution < -0.4 is 0 Å². The van der Waals surface area contributed by atoms with Gasteiger partial charge in [0.25, 0.3) is 0 Å². The first kappa shape index (κ1) is 74.2. The lowest BCUT2D eigenvalue weighted by Gasteiger charge is -2.40. The normalized spacial score (nSPS) is 17.9. The van der Waals surface area contributed by atoms with Crippen LogP contribution in [0.3, 0.4) is 0 Å². The molecule has 79 heavy (non-hydrogen) atoms. The number of aliphatic carboxylic acids is 1. The minimum absolute atomic E-state index is 0.0660. The molecule has 12 nitrogen and oxygen atoms in total. The van der Waals surface area contributed by atoms with E-state index in [1.165, 1.54) is 173 Å². The summed E-state index contributed by atoms with van der Waals surface area (Å²) in [6.45, 7) is 6.03. The number of carbonyl (C=O) groups excluding carboxylic acids is 3. The Morgan fingerprint density at radius 3 is 1.08 bits per heavy atom. The van der Waals surface area contributed by atoms with Gasteiger partial charge in [0.1, 0.15) is 18.8 Å². The van der Waals surface area contributed by atoms with E-state index in [1.54, 1.807) is 0 Å². The van der Waals surface area contributed by atoms with Crippen LogP contribution in [-0.4, -0.2) is 89.2 Å². The Balaban J connectivity index is 2.63. The van der Waals surface area contributed by atoms with Crippen molar-refractivity contribution in [3.05, 3.63) is 24.3 Å². The van der Waals surface area contributed by atoms with Crippen molar-refractivity contribution in [1.29, 1.82) is 0 Å². The first-order valence-corrected chi connectivity index (χ1v) is 33.3. The molecule has 0 aromatic rings. The summed E-state index contributed by atoms with van der Waals surface area (Å²) in [5.74, 6) is -3.10. The second-order valence-electron chi connectivity index (χ2n) is 23.1. The second-order valence-corrected chi connectivity index (χ2v) is 23.1. The first-order chi connectivity index (χ1) is 38.6. The summed E-state index contributed by atoms with van der Waals surface area (Å²) in [5, 5.41) is 31.6. The summed E-state index contributed by atoms with van der Waals surface area (Å²) in [6.07, 6.45) is 52.8. The number of allylic oxidation sites excluding steroid dienone is 4. The summed E-state index contributed by atoms with van der Waals surface area (Å²) in [4.78, 5) is 51.3. The molecule has 12 heteroatoms. The topological polar surface area (TPSA) is 175 Å². The maximum atomic E-state index is 13.2. The Labute approximate surface area is 483 Å². The van der Waals surface area contributed by atoms with Crippen LogP contribution in [0.5, 0.6) is 0 Å². The van der Waals surface area contributed by atoms with Crippen molar-refractivity contribution < 1.29 is 58.2 Å². The highest BCUT2D eigenvalue weighted by Gasteiger charge is 2.50. The largest absolute Gasteiger partial charge is 0.479 e. The molecule has 1 heterocycles. The van der Waals surface area contributed by atoms with Gasteiger partial charge in [0.15, 0.2) is 24.6 Å². The molecule has 462 valence electrons. The maximum Gasteiger partial charge on any atom is 0.335 e. The molecular weight excluding hydrogens is 997 g/mol. The molecular formula is C67H122O12. The molecule has 0 radical (unpaired) electrons. The van der Waals surface area contributed by atoms with Gasteiger partial charge in [-0.2, -0.15) is 0 Å². The molecule has 1 aliphatic heterocycles. The number of hydrogen-bond acceptors (Lipinski definition) is 11. The Morgan fingerprint density at radius 1 is 0.405 bits per heavy atom. The molecule has 3 N–H and O–H groups in total. The van der Waals surface area contributed by atoms with Crippen molar-refractivity contribution in [2.45, 2.75) is 366 Å². The Kier molecular flexibility index (Phi) is 52.3. The van der Waals surface area contributed by atoms with Gasteiger partial charge in [-0.15, -0.1) is 0 Å². The third-order valence-corrected chi connectivity index (χ3v) is 15.5. The molecule has 6 atom stereocenters. The summed E-state index contributed by atoms with van der Waals surface area (Å²) in [7, 11) is 0. The van der Waals surface area contributed by atoms with Crippen molar-refractivity contribution in [2.75, 3.05) is 13.2 Å². The number of rotatable bonds is 58. The van der Waals surface area contributed by atoms with Crippen LogP contribution in [0.25, 0.3) is 0 Å². The van der Waals surface area contributed by atoms with Crippen molar-refractivity contribution in [1.82, 2.24) is 0 Å². The van der Waals surface area contributed by atoms with E-state index < -0.39 is 67.3 Å². The van der Waals surface area contributed by atoms with E-state index in [0.29, 0.717) is 19.3 Å². The fourth-order valence-corrected chi connectivity index (χ4v) is 10.4. The zero-order valence-electron chi connectivity index (χ0n) is 51.1. The number of hydrogen-bond donors (Lipinski definition) is 3. The zero-order valence-corrected chi connectivity index (χ0v) is 51.1. The van der Waals surface area contributed by atoms with Crippen LogP contribution in [0.2, 0.25) is 0 Å². The molecule has 0 spiro atoms. The molecule has 1 rings (SSSR count). The molecule has 0 amide bonds. The molecule has 1 saturated heterocycles. The Morgan fingerprint density at radius 2 is 0.722 bits per heavy atom. The standard InChI is InChI=1S/C67H122O12/c1-4-7-10-13-16-19-22-25-28-29-30-31-34-37-40-43-46-49-52-55-61(70)78-65-63(72)62(71)64(66(73)74)79-67(65)76-57-58(77-60(69)54-51-48-45-42-39-36-33-27-24-21-18-15-12-9-6-3)56-75-59(68)53-50-47-44-41-38-35-32-26-23-20-17-14-11-8-5-2/h26-27,32-33,58,62-65,67,71-72H,4-25,28-31,34-57H2,1-3H3,(H,73,74)/b32-26-,33-27-. The van der Waals surface area contributed by atoms with E-state index in [2.05, 4.69) is 45.1 Å². The van der Waals surface area contributed by atoms with Crippen LogP contribution >= 0.6 is 0 Å². The van der Waals surface area contributed by atoms with Gasteiger partial charge < -0.3 is 39.0 Å². The van der Waals surface area contributed by atoms with Gasteiger partial charge in [-0.25, -0.2) is 4.79 Å². The lowest BCUT2D eigenvalue weighted by atomic mass is 9.98. The highest BCUT2D eigenvalue weighted by atomic mass is 16.7. The zero-order chi connectivity index (χ0) is 57.5. The monoisotopic (exact) mass is 1120 g/mol. The van der Waals surface area contributed by atoms with E-state index in [9.17, 15) is 34.5 Å². The molecule has 0 saturated carbocycles. The van der Waals surface area contributed by atoms with Crippen molar-refractivity contribution in [3.63, 3.8) is 0 Å². The number of carboxylic acids is 1. The number of aliphatic hydroxyl groups is 2. The van der Waals surface area contributed by atoms with E-state index in [4.69, 9.17) is 23.7 Å². The highest BCUT2D eigenvalue weighted by Crippen LogP contribution is 2.27. The lowest BCUT2D eigenvalue weighted by Crippen LogP contribution is -2.61. The van der Waals surface area contributed by atoms with Crippen molar-refractivity contribution >= 4 is 23.9 Å². The smallest absolute Gasteiger partial charge is 0.335 e. The van der Waals surface area contributed by atoms with Crippen LogP contribution in [0.15, 0.2) is 24.3 Å². The quantitative estimate of drug-likeness (QED) is 0.0228. The fourth-order valence-electron chi connectivity index (χ4n) is 10.4. The number of carboxylic acid groups (broad SMARTS) is 1. The molecule has 1 aliphatic rings. The van der Waals surface area contributed by atoms with E-state index in [0.717, 1.165) is 96.3 Å². The van der Waals surface area contributed by atoms with Gasteiger partial charge in [0, 0.05) is 19.3 Å². The average Bonchev–Trinajstić information content (AvgIpc) is 3.46. The van der Waals surface area contributed by atoms with Gasteiger partial charge in [-0.1, -0.05) is 263 Å². The molecule has 0 aromatic heterocycles. The average molecular weight is 1120 g/mol. The minimum atomic E-state index is -1.90. The van der Waals surface area contributed by atoms with Gasteiger partial charge in [0.05, 0.1) is 6.61 Å². The molecule has 0 aliphatic carbocycles. The van der Waals surface area contributed by atoms with Gasteiger partial charge in [-0.3, -0.25) is 14.4 Å². The van der Waals surface area contributed by atoms with Gasteiger partial charge in [0.2, 0.25) is 0 Å². The maximum absolute atomic E-state index is 13.2. The molecule has 0 aromatic carbocycles. The van der Waals surface area contributed by atoms with E-state index in [-0.39, 0.29) is 25.9 Å². The highest BCUT2D eigenvalue weighted by molar-refractivity contribution is 5.74. The van der Waals surface area contributed by atoms with Gasteiger partial charge >= 0.3 is 23.9 Å². The van der Waals surface area contributed by atoms with Crippen LogP contribution in [0, 0.1) is 0 Å². The van der Waals surface area contributed by atoms with Crippen LogP contribution in [-0.2, 0) is 42.9 Å². The number of aliphatic hydroxyl groups excluding tert-OH is 2. The summed E-state index contributed by atoms with van der Waals surface area (Å²) >= 11 is 0. The lowest BCUT2D eigenvalue weighted by molar-refractivity contribution is -0.301. The first-order valence-electron chi connectivity index (χ1n) is 33.3. The number of ether oxygens (including phenoxy) is 5. The molecule has 1 fully saturated rings. The summed E-state index contributed by atoms with van der Waals surface area (Å²) < 4.78 is 28.5. The van der Waals surface area contributed by atoms with Crippen molar-refractivity contribution in [3.8, 4) is 0 Å². The van der Waals surface area contributed by atoms with E-state index >= 15 is 0 Å². The Hall–Kier alpha value is -2.80.